The molecule has 0 aliphatic heterocycles. The first-order valence-corrected chi connectivity index (χ1v) is 5.51. The van der Waals surface area contributed by atoms with E-state index in [0.717, 1.165) is 0 Å². The molecular weight excluding hydrogens is 256 g/mol. The predicted octanol–water partition coefficient (Wildman–Crippen LogP) is 2.39. The van der Waals surface area contributed by atoms with E-state index in [2.05, 4.69) is 11.2 Å². The van der Waals surface area contributed by atoms with Crippen molar-refractivity contribution in [1.82, 2.24) is 5.32 Å². The van der Waals surface area contributed by atoms with Gasteiger partial charge in [-0.3, -0.25) is 14.9 Å². The van der Waals surface area contributed by atoms with Gasteiger partial charge in [-0.05, 0) is 19.1 Å². The molecule has 0 saturated heterocycles. The quantitative estimate of drug-likeness (QED) is 0.517. The molecule has 5 nitrogen and oxygen atoms in total. The molecule has 0 saturated carbocycles. The number of carbonyl (C=O) groups excluding carboxylic acids is 1. The van der Waals surface area contributed by atoms with Crippen LogP contribution in [-0.2, 0) is 0 Å². The number of halogens is 1. The van der Waals surface area contributed by atoms with Gasteiger partial charge in [0.2, 0.25) is 0 Å². The van der Waals surface area contributed by atoms with Crippen molar-refractivity contribution in [3.63, 3.8) is 0 Å². The van der Waals surface area contributed by atoms with Gasteiger partial charge < -0.3 is 5.32 Å². The summed E-state index contributed by atoms with van der Waals surface area (Å²) in [5.74, 6) is 2.06. The number of benzene rings is 1. The predicted molar refractivity (Wildman–Crippen MR) is 68.5 cm³/mol. The highest BCUT2D eigenvalue weighted by molar-refractivity contribution is 6.33. The van der Waals surface area contributed by atoms with Crippen molar-refractivity contribution in [1.29, 1.82) is 0 Å². The van der Waals surface area contributed by atoms with Crippen LogP contribution in [0.2, 0.25) is 5.02 Å². The molecule has 0 radical (unpaired) electrons. The summed E-state index contributed by atoms with van der Waals surface area (Å²) in [6.45, 7) is 1.77. The monoisotopic (exact) mass is 266 g/mol. The number of carbonyl (C=O) groups is 1. The standard InChI is InChI=1S/C12H11ClN2O3/c1-3-4-8(2)14-12(16)9-5-6-11(15(17)18)10(13)7-9/h1,5-8H,4H2,2H3,(H,14,16). The number of hydrogen-bond donors (Lipinski definition) is 1. The number of nitro groups is 1. The fourth-order valence-corrected chi connectivity index (χ4v) is 1.58. The Morgan fingerprint density at radius 3 is 2.83 bits per heavy atom. The zero-order valence-electron chi connectivity index (χ0n) is 9.64. The van der Waals surface area contributed by atoms with E-state index < -0.39 is 4.92 Å². The summed E-state index contributed by atoms with van der Waals surface area (Å²) >= 11 is 5.71. The molecule has 1 amide bonds. The number of terminal acetylenes is 1. The van der Waals surface area contributed by atoms with Crippen molar-refractivity contribution in [3.8, 4) is 12.3 Å². The third-order valence-corrected chi connectivity index (χ3v) is 2.51. The van der Waals surface area contributed by atoms with Crippen LogP contribution in [0.1, 0.15) is 23.7 Å². The molecular formula is C12H11ClN2O3. The van der Waals surface area contributed by atoms with E-state index in [9.17, 15) is 14.9 Å². The highest BCUT2D eigenvalue weighted by atomic mass is 35.5. The van der Waals surface area contributed by atoms with E-state index in [-0.39, 0.29) is 28.2 Å². The summed E-state index contributed by atoms with van der Waals surface area (Å²) in [6.07, 6.45) is 5.53. The van der Waals surface area contributed by atoms with Gasteiger partial charge in [-0.15, -0.1) is 12.3 Å². The number of amides is 1. The summed E-state index contributed by atoms with van der Waals surface area (Å²) < 4.78 is 0. The SMILES string of the molecule is C#CCC(C)NC(=O)c1ccc([N+](=O)[O-])c(Cl)c1. The van der Waals surface area contributed by atoms with Crippen LogP contribution in [-0.4, -0.2) is 16.9 Å². The fourth-order valence-electron chi connectivity index (χ4n) is 1.33. The van der Waals surface area contributed by atoms with Gasteiger partial charge in [0, 0.05) is 24.1 Å². The molecule has 18 heavy (non-hydrogen) atoms. The Kier molecular flexibility index (Phi) is 4.69. The molecule has 0 aliphatic carbocycles. The van der Waals surface area contributed by atoms with Gasteiger partial charge >= 0.3 is 0 Å². The normalized spacial score (nSPS) is 11.4. The van der Waals surface area contributed by atoms with Crippen molar-refractivity contribution in [2.24, 2.45) is 0 Å². The van der Waals surface area contributed by atoms with Crippen molar-refractivity contribution >= 4 is 23.2 Å². The second kappa shape index (κ2) is 6.03. The van der Waals surface area contributed by atoms with Gasteiger partial charge in [0.05, 0.1) is 4.92 Å². The van der Waals surface area contributed by atoms with E-state index in [1.54, 1.807) is 6.92 Å². The lowest BCUT2D eigenvalue weighted by atomic mass is 10.1. The molecule has 0 spiro atoms. The van der Waals surface area contributed by atoms with Crippen LogP contribution in [0.15, 0.2) is 18.2 Å². The highest BCUT2D eigenvalue weighted by Crippen LogP contribution is 2.24. The van der Waals surface area contributed by atoms with Crippen molar-refractivity contribution in [2.75, 3.05) is 0 Å². The van der Waals surface area contributed by atoms with E-state index >= 15 is 0 Å². The maximum Gasteiger partial charge on any atom is 0.287 e. The first kappa shape index (κ1) is 14.0. The lowest BCUT2D eigenvalue weighted by molar-refractivity contribution is -0.384. The third kappa shape index (κ3) is 3.47. The first-order chi connectivity index (χ1) is 8.45. The van der Waals surface area contributed by atoms with Gasteiger partial charge in [-0.25, -0.2) is 0 Å². The summed E-state index contributed by atoms with van der Waals surface area (Å²) in [7, 11) is 0. The Labute approximate surface area is 109 Å². The zero-order valence-corrected chi connectivity index (χ0v) is 10.4. The summed E-state index contributed by atoms with van der Waals surface area (Å²) in [4.78, 5) is 21.7. The number of nitrogens with zero attached hydrogens (tertiary/aromatic N) is 1. The Morgan fingerprint density at radius 1 is 1.67 bits per heavy atom. The van der Waals surface area contributed by atoms with Crippen LogP contribution in [0.4, 0.5) is 5.69 Å². The maximum atomic E-state index is 11.8. The second-order valence-corrected chi connectivity index (χ2v) is 4.11. The van der Waals surface area contributed by atoms with Crippen molar-refractivity contribution in [3.05, 3.63) is 38.9 Å². The van der Waals surface area contributed by atoms with E-state index in [1.807, 2.05) is 0 Å². The summed E-state index contributed by atoms with van der Waals surface area (Å²) in [6, 6.07) is 3.64. The minimum atomic E-state index is -0.606. The van der Waals surface area contributed by atoms with Gasteiger partial charge in [0.1, 0.15) is 5.02 Å². The van der Waals surface area contributed by atoms with E-state index in [0.29, 0.717) is 6.42 Å². The number of nitro benzene ring substituents is 1. The molecule has 0 bridgehead atoms. The minimum Gasteiger partial charge on any atom is -0.349 e. The van der Waals surface area contributed by atoms with E-state index in [4.69, 9.17) is 18.0 Å². The molecule has 94 valence electrons. The van der Waals surface area contributed by atoms with E-state index in [1.165, 1.54) is 18.2 Å². The fraction of sp³-hybridized carbons (Fsp3) is 0.250. The van der Waals surface area contributed by atoms with Gasteiger partial charge in [-0.2, -0.15) is 0 Å². The zero-order chi connectivity index (χ0) is 13.7. The molecule has 1 atom stereocenters. The lowest BCUT2D eigenvalue weighted by Gasteiger charge is -2.10. The molecule has 6 heteroatoms. The Hall–Kier alpha value is -2.06. The molecule has 1 aromatic carbocycles. The molecule has 0 aromatic heterocycles. The van der Waals surface area contributed by atoms with Crippen LogP contribution in [0.25, 0.3) is 0 Å². The third-order valence-electron chi connectivity index (χ3n) is 2.21. The van der Waals surface area contributed by atoms with Crippen LogP contribution in [0.3, 0.4) is 0 Å². The summed E-state index contributed by atoms with van der Waals surface area (Å²) in [5.41, 5.74) is 0.0272. The minimum absolute atomic E-state index is 0.0720. The number of nitrogens with one attached hydrogen (secondary N) is 1. The maximum absolute atomic E-state index is 11.8. The average Bonchev–Trinajstić information content (AvgIpc) is 2.28. The van der Waals surface area contributed by atoms with Gasteiger partial charge in [0.25, 0.3) is 11.6 Å². The molecule has 0 fully saturated rings. The molecule has 0 aliphatic rings. The number of rotatable bonds is 4. The lowest BCUT2D eigenvalue weighted by Crippen LogP contribution is -2.32. The molecule has 1 N–H and O–H groups in total. The van der Waals surface area contributed by atoms with Crippen LogP contribution in [0.5, 0.6) is 0 Å². The van der Waals surface area contributed by atoms with Crippen LogP contribution in [0, 0.1) is 22.5 Å². The van der Waals surface area contributed by atoms with Crippen molar-refractivity contribution in [2.45, 2.75) is 19.4 Å². The summed E-state index contributed by atoms with van der Waals surface area (Å²) in [5, 5.41) is 13.2. The average molecular weight is 267 g/mol. The van der Waals surface area contributed by atoms with Crippen LogP contribution >= 0.6 is 11.6 Å². The Bertz CT molecular complexity index is 523. The topological polar surface area (TPSA) is 72.2 Å². The van der Waals surface area contributed by atoms with Crippen molar-refractivity contribution < 1.29 is 9.72 Å². The smallest absolute Gasteiger partial charge is 0.287 e. The number of hydrogen-bond acceptors (Lipinski definition) is 3. The molecule has 0 heterocycles. The second-order valence-electron chi connectivity index (χ2n) is 3.71. The first-order valence-electron chi connectivity index (χ1n) is 5.14. The van der Waals surface area contributed by atoms with Gasteiger partial charge in [-0.1, -0.05) is 11.6 Å². The Morgan fingerprint density at radius 2 is 2.33 bits per heavy atom. The molecule has 1 aromatic rings. The Balaban J connectivity index is 2.85. The largest absolute Gasteiger partial charge is 0.349 e. The van der Waals surface area contributed by atoms with Crippen LogP contribution < -0.4 is 5.32 Å². The highest BCUT2D eigenvalue weighted by Gasteiger charge is 2.16. The molecule has 1 rings (SSSR count). The van der Waals surface area contributed by atoms with Gasteiger partial charge in [0.15, 0.2) is 0 Å². The molecule has 1 unspecified atom stereocenters.